The number of allylic oxidation sites excluding steroid dienone is 2. The monoisotopic (exact) mass is 928 g/mol. The fourth-order valence-electron chi connectivity index (χ4n) is 8.01. The highest BCUT2D eigenvalue weighted by Gasteiger charge is 2.21. The number of hydrogen-bond donors (Lipinski definition) is 0. The minimum atomic E-state index is -4.63. The van der Waals surface area contributed by atoms with E-state index in [0.717, 1.165) is 32.1 Å². The Morgan fingerprint density at radius 2 is 0.797 bits per heavy atom. The lowest BCUT2D eigenvalue weighted by Gasteiger charge is -2.28. The van der Waals surface area contributed by atoms with E-state index < -0.39 is 26.5 Å². The van der Waals surface area contributed by atoms with E-state index in [1.165, 1.54) is 205 Å². The number of quaternary nitrogens is 1. The molecule has 0 spiro atoms. The molecule has 0 aliphatic heterocycles. The topological polar surface area (TPSA) is 111 Å². The van der Waals surface area contributed by atoms with Crippen LogP contribution < -0.4 is 4.89 Å². The van der Waals surface area contributed by atoms with Gasteiger partial charge in [0.25, 0.3) is 7.82 Å². The zero-order valence-electron chi connectivity index (χ0n) is 43.0. The van der Waals surface area contributed by atoms with Gasteiger partial charge in [-0.1, -0.05) is 231 Å². The Kier molecular flexibility index (Phi) is 45.9. The van der Waals surface area contributed by atoms with Crippen LogP contribution in [0.2, 0.25) is 0 Å². The largest absolute Gasteiger partial charge is 0.756 e. The van der Waals surface area contributed by atoms with Crippen molar-refractivity contribution >= 4 is 19.8 Å². The molecule has 1 unspecified atom stereocenters. The molecule has 10 heteroatoms. The van der Waals surface area contributed by atoms with E-state index in [2.05, 4.69) is 26.0 Å². The number of phosphoric ester groups is 1. The Morgan fingerprint density at radius 1 is 0.469 bits per heavy atom. The first-order valence-electron chi connectivity index (χ1n) is 27.4. The Labute approximate surface area is 396 Å². The highest BCUT2D eigenvalue weighted by atomic mass is 31.2. The van der Waals surface area contributed by atoms with Crippen molar-refractivity contribution in [1.82, 2.24) is 0 Å². The normalized spacial score (nSPS) is 13.4. The van der Waals surface area contributed by atoms with Crippen LogP contribution in [-0.4, -0.2) is 70.0 Å². The van der Waals surface area contributed by atoms with Gasteiger partial charge in [0.2, 0.25) is 0 Å². The molecular formula is C54H106NO8P. The first-order chi connectivity index (χ1) is 31.0. The summed E-state index contributed by atoms with van der Waals surface area (Å²) in [5.74, 6) is -0.819. The summed E-state index contributed by atoms with van der Waals surface area (Å²) in [4.78, 5) is 37.8. The van der Waals surface area contributed by atoms with Crippen LogP contribution in [0.25, 0.3) is 0 Å². The smallest absolute Gasteiger partial charge is 0.306 e. The molecule has 9 nitrogen and oxygen atoms in total. The van der Waals surface area contributed by atoms with Crippen LogP contribution in [0.1, 0.15) is 271 Å². The van der Waals surface area contributed by atoms with Crippen LogP contribution in [0.3, 0.4) is 0 Å². The molecule has 0 saturated carbocycles. The Hall–Kier alpha value is -1.25. The average molecular weight is 928 g/mol. The SMILES string of the molecule is CCCCCCCC/C=C\CCCCCCCCCCCC(=O)OC[C@H](COP(=O)([O-])OCC[N+](C)(C)C)OC(=O)CCCCCCCCCCCCCCCCCCCCCCC. The Bertz CT molecular complexity index is 1100. The second-order valence-corrected chi connectivity index (χ2v) is 21.4. The van der Waals surface area contributed by atoms with Gasteiger partial charge in [0.15, 0.2) is 6.10 Å². The highest BCUT2D eigenvalue weighted by Crippen LogP contribution is 2.38. The standard InChI is InChI=1S/C54H106NO8P/c1-6-8-10-12-14-16-18-20-22-24-26-27-29-31-33-35-37-39-41-43-45-47-54(57)63-52(51-62-64(58,59)61-49-48-55(3,4)5)50-60-53(56)46-44-42-40-38-36-34-32-30-28-25-23-21-19-17-15-13-11-9-7-2/h21,23,52H,6-20,22,24-51H2,1-5H3/b23-21-/t52-/m1/s1. The van der Waals surface area contributed by atoms with E-state index in [1.807, 2.05) is 21.1 Å². The van der Waals surface area contributed by atoms with Gasteiger partial charge in [0.05, 0.1) is 27.7 Å². The zero-order chi connectivity index (χ0) is 47.1. The second kappa shape index (κ2) is 46.8. The van der Waals surface area contributed by atoms with Gasteiger partial charge in [-0.05, 0) is 38.5 Å². The molecule has 0 rings (SSSR count). The molecule has 0 radical (unpaired) electrons. The fourth-order valence-corrected chi connectivity index (χ4v) is 8.73. The van der Waals surface area contributed by atoms with Crippen molar-refractivity contribution in [1.29, 1.82) is 0 Å². The van der Waals surface area contributed by atoms with Crippen molar-refractivity contribution in [3.05, 3.63) is 12.2 Å². The summed E-state index contributed by atoms with van der Waals surface area (Å²) in [5, 5.41) is 0. The van der Waals surface area contributed by atoms with Crippen LogP contribution in [0.15, 0.2) is 12.2 Å². The van der Waals surface area contributed by atoms with Crippen molar-refractivity contribution in [2.24, 2.45) is 0 Å². The number of carbonyl (C=O) groups excluding carboxylic acids is 2. The van der Waals surface area contributed by atoms with E-state index in [1.54, 1.807) is 0 Å². The minimum absolute atomic E-state index is 0.0273. The summed E-state index contributed by atoms with van der Waals surface area (Å²) >= 11 is 0. The van der Waals surface area contributed by atoms with E-state index in [0.29, 0.717) is 17.4 Å². The molecule has 0 N–H and O–H groups in total. The van der Waals surface area contributed by atoms with Crippen LogP contribution in [0.5, 0.6) is 0 Å². The number of likely N-dealkylation sites (N-methyl/N-ethyl adjacent to an activating group) is 1. The number of hydrogen-bond acceptors (Lipinski definition) is 8. The summed E-state index contributed by atoms with van der Waals surface area (Å²) in [7, 11) is 1.18. The first-order valence-corrected chi connectivity index (χ1v) is 28.9. The van der Waals surface area contributed by atoms with Crippen molar-refractivity contribution in [2.75, 3.05) is 47.5 Å². The lowest BCUT2D eigenvalue weighted by molar-refractivity contribution is -0.870. The minimum Gasteiger partial charge on any atom is -0.756 e. The van der Waals surface area contributed by atoms with Crippen molar-refractivity contribution in [3.8, 4) is 0 Å². The van der Waals surface area contributed by atoms with Gasteiger partial charge in [-0.25, -0.2) is 0 Å². The van der Waals surface area contributed by atoms with Crippen LogP contribution in [0.4, 0.5) is 0 Å². The van der Waals surface area contributed by atoms with Crippen LogP contribution >= 0.6 is 7.82 Å². The van der Waals surface area contributed by atoms with E-state index in [9.17, 15) is 19.0 Å². The van der Waals surface area contributed by atoms with Crippen LogP contribution in [0, 0.1) is 0 Å². The molecule has 0 aromatic carbocycles. The molecule has 0 saturated heterocycles. The number of phosphoric acid groups is 1. The first kappa shape index (κ1) is 62.8. The summed E-state index contributed by atoms with van der Waals surface area (Å²) in [6.45, 7) is 4.28. The average Bonchev–Trinajstić information content (AvgIpc) is 3.25. The molecule has 0 aromatic heterocycles. The third-order valence-corrected chi connectivity index (χ3v) is 13.2. The maximum Gasteiger partial charge on any atom is 0.306 e. The molecule has 0 fully saturated rings. The van der Waals surface area contributed by atoms with E-state index in [-0.39, 0.29) is 32.0 Å². The summed E-state index contributed by atoms with van der Waals surface area (Å²) in [6.07, 6.45) is 52.4. The van der Waals surface area contributed by atoms with Crippen LogP contribution in [-0.2, 0) is 32.7 Å². The number of esters is 2. The predicted octanol–water partition coefficient (Wildman–Crippen LogP) is 15.8. The van der Waals surface area contributed by atoms with Gasteiger partial charge in [0, 0.05) is 12.8 Å². The predicted molar refractivity (Wildman–Crippen MR) is 268 cm³/mol. The van der Waals surface area contributed by atoms with E-state index >= 15 is 0 Å². The Morgan fingerprint density at radius 3 is 1.16 bits per heavy atom. The van der Waals surface area contributed by atoms with Crippen molar-refractivity contribution in [3.63, 3.8) is 0 Å². The molecule has 2 atom stereocenters. The van der Waals surface area contributed by atoms with Gasteiger partial charge < -0.3 is 27.9 Å². The summed E-state index contributed by atoms with van der Waals surface area (Å²) in [5.41, 5.74) is 0. The van der Waals surface area contributed by atoms with Gasteiger partial charge in [-0.15, -0.1) is 0 Å². The molecule has 0 aromatic rings. The zero-order valence-corrected chi connectivity index (χ0v) is 43.9. The number of nitrogens with zero attached hydrogens (tertiary/aromatic N) is 1. The fraction of sp³-hybridized carbons (Fsp3) is 0.926. The van der Waals surface area contributed by atoms with Gasteiger partial charge in [-0.3, -0.25) is 14.2 Å². The van der Waals surface area contributed by atoms with Gasteiger partial charge >= 0.3 is 11.9 Å². The number of carbonyl (C=O) groups is 2. The molecule has 0 aliphatic carbocycles. The maximum atomic E-state index is 12.8. The molecule has 0 aliphatic rings. The number of rotatable bonds is 51. The third-order valence-electron chi connectivity index (χ3n) is 12.3. The summed E-state index contributed by atoms with van der Waals surface area (Å²) < 4.78 is 34.1. The quantitative estimate of drug-likeness (QED) is 0.0195. The highest BCUT2D eigenvalue weighted by molar-refractivity contribution is 7.45. The third kappa shape index (κ3) is 50.2. The maximum absolute atomic E-state index is 12.8. The van der Waals surface area contributed by atoms with Crippen molar-refractivity contribution < 1.29 is 42.1 Å². The lowest BCUT2D eigenvalue weighted by Crippen LogP contribution is -2.37. The molecule has 0 bridgehead atoms. The van der Waals surface area contributed by atoms with E-state index in [4.69, 9.17) is 18.5 Å². The molecule has 380 valence electrons. The number of unbranched alkanes of at least 4 members (excludes halogenated alkanes) is 35. The molecular weight excluding hydrogens is 822 g/mol. The van der Waals surface area contributed by atoms with Crippen molar-refractivity contribution in [2.45, 2.75) is 277 Å². The Balaban J connectivity index is 4.17. The lowest BCUT2D eigenvalue weighted by atomic mass is 10.0. The number of ether oxygens (including phenoxy) is 2. The molecule has 64 heavy (non-hydrogen) atoms. The molecule has 0 amide bonds. The van der Waals surface area contributed by atoms with Gasteiger partial charge in [0.1, 0.15) is 19.8 Å². The summed E-state index contributed by atoms with van der Waals surface area (Å²) in [6, 6.07) is 0. The second-order valence-electron chi connectivity index (χ2n) is 20.0. The van der Waals surface area contributed by atoms with Gasteiger partial charge in [-0.2, -0.15) is 0 Å². The molecule has 0 heterocycles.